The van der Waals surface area contributed by atoms with Crippen LogP contribution in [0.25, 0.3) is 6.20 Å². The monoisotopic (exact) mass is 499 g/mol. The minimum absolute atomic E-state index is 0.0753. The molecule has 5 rings (SSSR count). The van der Waals surface area contributed by atoms with Gasteiger partial charge in [0.05, 0.1) is 18.2 Å². The molecule has 0 radical (unpaired) electrons. The Morgan fingerprint density at radius 2 is 1.92 bits per heavy atom. The van der Waals surface area contributed by atoms with Crippen molar-refractivity contribution in [1.29, 1.82) is 0 Å². The number of carbonyl (C=O) groups excluding carboxylic acids is 3. The molecule has 4 N–H and O–H groups in total. The zero-order chi connectivity index (χ0) is 26.3. The number of rotatable bonds is 10. The molecule has 3 amide bonds. The van der Waals surface area contributed by atoms with E-state index in [0.29, 0.717) is 42.2 Å². The van der Waals surface area contributed by atoms with Crippen LogP contribution in [0.2, 0.25) is 0 Å². The summed E-state index contributed by atoms with van der Waals surface area (Å²) in [6, 6.07) is 0.0753. The predicted octanol–water partition coefficient (Wildman–Crippen LogP) is 3.10. The highest BCUT2D eigenvalue weighted by atomic mass is 16.5. The van der Waals surface area contributed by atoms with Crippen molar-refractivity contribution >= 4 is 23.9 Å². The number of hydrogen-bond donors (Lipinski definition) is 3. The maximum absolute atomic E-state index is 13.5. The zero-order valence-corrected chi connectivity index (χ0v) is 22.2. The molecule has 4 aliphatic rings. The Labute approximate surface area is 213 Å². The van der Waals surface area contributed by atoms with Crippen molar-refractivity contribution in [2.24, 2.45) is 34.8 Å². The fourth-order valence-electron chi connectivity index (χ4n) is 6.37. The molecule has 0 aliphatic heterocycles. The fraction of sp³-hybridized carbons (Fsp3) is 0.704. The molecule has 4 aliphatic carbocycles. The second-order valence-corrected chi connectivity index (χ2v) is 12.1. The maximum atomic E-state index is 13.5. The Balaban J connectivity index is 1.52. The topological polar surface area (TPSA) is 128 Å². The summed E-state index contributed by atoms with van der Waals surface area (Å²) in [4.78, 5) is 37.4. The number of nitrogens with two attached hydrogens (primary N) is 1. The van der Waals surface area contributed by atoms with E-state index in [9.17, 15) is 14.4 Å². The van der Waals surface area contributed by atoms with Crippen molar-refractivity contribution in [3.63, 3.8) is 0 Å². The molecule has 9 heteroatoms. The third kappa shape index (κ3) is 5.30. The number of nitrogens with one attached hydrogen (secondary N) is 2. The third-order valence-electron chi connectivity index (χ3n) is 8.11. The minimum Gasteiger partial charge on any atom is -0.477 e. The van der Waals surface area contributed by atoms with Crippen LogP contribution in [0.5, 0.6) is 5.88 Å². The summed E-state index contributed by atoms with van der Waals surface area (Å²) in [5.41, 5.74) is 4.89. The van der Waals surface area contributed by atoms with Crippen molar-refractivity contribution in [2.75, 3.05) is 6.61 Å². The van der Waals surface area contributed by atoms with E-state index in [0.717, 1.165) is 32.1 Å². The highest BCUT2D eigenvalue weighted by Crippen LogP contribution is 2.55. The second-order valence-electron chi connectivity index (χ2n) is 12.1. The molecule has 0 saturated heterocycles. The molecule has 2 atom stereocenters. The molecular formula is C27H41N5O4. The Kier molecular flexibility index (Phi) is 7.21. The molecule has 36 heavy (non-hydrogen) atoms. The van der Waals surface area contributed by atoms with Gasteiger partial charge in [0.25, 0.3) is 5.91 Å². The summed E-state index contributed by atoms with van der Waals surface area (Å²) in [7, 11) is 0. The molecule has 2 unspecified atom stereocenters. The Morgan fingerprint density at radius 1 is 1.25 bits per heavy atom. The average Bonchev–Trinajstić information content (AvgIpc) is 3.20. The minimum atomic E-state index is -0.868. The normalized spacial score (nSPS) is 29.1. The van der Waals surface area contributed by atoms with E-state index in [1.54, 1.807) is 26.1 Å². The summed E-state index contributed by atoms with van der Waals surface area (Å²) < 4.78 is 7.51. The van der Waals surface area contributed by atoms with E-state index in [1.165, 1.54) is 10.9 Å². The first-order valence-electron chi connectivity index (χ1n) is 13.2. The van der Waals surface area contributed by atoms with E-state index in [-0.39, 0.29) is 29.3 Å². The number of primary amides is 1. The van der Waals surface area contributed by atoms with E-state index in [2.05, 4.69) is 15.7 Å². The van der Waals surface area contributed by atoms with Gasteiger partial charge < -0.3 is 21.1 Å². The van der Waals surface area contributed by atoms with Gasteiger partial charge in [0.2, 0.25) is 17.7 Å². The number of nitrogens with zero attached hydrogens (tertiary/aromatic N) is 2. The molecule has 4 saturated carbocycles. The van der Waals surface area contributed by atoms with Crippen LogP contribution >= 0.6 is 0 Å². The molecular weight excluding hydrogens is 458 g/mol. The van der Waals surface area contributed by atoms with Gasteiger partial charge in [0, 0.05) is 24.2 Å². The number of ether oxygens (including phenoxy) is 1. The predicted molar refractivity (Wildman–Crippen MR) is 137 cm³/mol. The van der Waals surface area contributed by atoms with E-state index < -0.39 is 11.3 Å². The highest BCUT2D eigenvalue weighted by molar-refractivity contribution is 5.96. The SMILES string of the molecule is CCC(=O)N[C@]12CC3CC(C1)[C@@H](NC(=O)c1cnn(/C=C/C(C)(C)C(N)=O)c1OCC(C)C)C(C3)C2. The van der Waals surface area contributed by atoms with Gasteiger partial charge in [-0.05, 0) is 69.6 Å². The van der Waals surface area contributed by atoms with E-state index in [1.807, 2.05) is 20.8 Å². The van der Waals surface area contributed by atoms with E-state index in [4.69, 9.17) is 10.5 Å². The first-order chi connectivity index (χ1) is 16.9. The van der Waals surface area contributed by atoms with Gasteiger partial charge in [-0.2, -0.15) is 5.10 Å². The van der Waals surface area contributed by atoms with Crippen LogP contribution < -0.4 is 21.1 Å². The molecule has 0 aromatic carbocycles. The van der Waals surface area contributed by atoms with Crippen LogP contribution in [0.3, 0.4) is 0 Å². The van der Waals surface area contributed by atoms with Gasteiger partial charge >= 0.3 is 0 Å². The summed E-state index contributed by atoms with van der Waals surface area (Å²) in [5, 5.41) is 11.0. The zero-order valence-electron chi connectivity index (χ0n) is 22.2. The second kappa shape index (κ2) is 9.90. The van der Waals surface area contributed by atoms with Gasteiger partial charge in [-0.25, -0.2) is 4.68 Å². The summed E-state index contributed by atoms with van der Waals surface area (Å²) in [6.07, 6.45) is 10.4. The molecule has 1 aromatic rings. The molecule has 0 spiro atoms. The fourth-order valence-corrected chi connectivity index (χ4v) is 6.37. The van der Waals surface area contributed by atoms with Crippen molar-refractivity contribution in [3.05, 3.63) is 17.8 Å². The van der Waals surface area contributed by atoms with Crippen molar-refractivity contribution < 1.29 is 19.1 Å². The Hall–Kier alpha value is -2.84. The molecule has 4 fully saturated rings. The van der Waals surface area contributed by atoms with Gasteiger partial charge in [0.1, 0.15) is 5.56 Å². The molecule has 1 heterocycles. The number of hydrogen-bond acceptors (Lipinski definition) is 5. The van der Waals surface area contributed by atoms with Crippen LogP contribution in [-0.2, 0) is 9.59 Å². The van der Waals surface area contributed by atoms with Gasteiger partial charge in [-0.15, -0.1) is 0 Å². The van der Waals surface area contributed by atoms with E-state index >= 15 is 0 Å². The Morgan fingerprint density at radius 3 is 2.50 bits per heavy atom. The van der Waals surface area contributed by atoms with Crippen molar-refractivity contribution in [3.8, 4) is 5.88 Å². The van der Waals surface area contributed by atoms with Crippen LogP contribution in [0.15, 0.2) is 12.3 Å². The van der Waals surface area contributed by atoms with Gasteiger partial charge in [-0.1, -0.05) is 26.8 Å². The summed E-state index contributed by atoms with van der Waals surface area (Å²) in [5.74, 6) is 1.38. The first-order valence-corrected chi connectivity index (χ1v) is 13.2. The van der Waals surface area contributed by atoms with Crippen LogP contribution in [-0.4, -0.2) is 45.7 Å². The number of carbonyl (C=O) groups is 3. The standard InChI is InChI=1S/C27H41N5O4/c1-6-21(33)31-27-11-17-9-18(12-27)22(19(10-17)13-27)30-23(34)20-14-29-32(24(20)36-15-16(2)3)8-7-26(4,5)25(28)35/h7-8,14,16-19,22H,6,9-13,15H2,1-5H3,(H2,28,35)(H,30,34)(H,31,33)/b8-7+/t17?,18?,19?,22-,27-. The van der Waals surface area contributed by atoms with Crippen molar-refractivity contribution in [1.82, 2.24) is 20.4 Å². The van der Waals surface area contributed by atoms with Crippen LogP contribution in [0.4, 0.5) is 0 Å². The number of aromatic nitrogens is 2. The Bertz CT molecular complexity index is 1030. The van der Waals surface area contributed by atoms with Crippen LogP contribution in [0.1, 0.15) is 83.5 Å². The maximum Gasteiger partial charge on any atom is 0.258 e. The largest absolute Gasteiger partial charge is 0.477 e. The molecule has 4 bridgehead atoms. The summed E-state index contributed by atoms with van der Waals surface area (Å²) >= 11 is 0. The van der Waals surface area contributed by atoms with Gasteiger partial charge in [-0.3, -0.25) is 14.4 Å². The lowest BCUT2D eigenvalue weighted by Crippen LogP contribution is -2.66. The lowest BCUT2D eigenvalue weighted by atomic mass is 9.51. The molecule has 9 nitrogen and oxygen atoms in total. The highest BCUT2D eigenvalue weighted by Gasteiger charge is 2.56. The lowest BCUT2D eigenvalue weighted by Gasteiger charge is -2.60. The third-order valence-corrected chi connectivity index (χ3v) is 8.11. The average molecular weight is 500 g/mol. The quantitative estimate of drug-likeness (QED) is 0.456. The molecule has 1 aromatic heterocycles. The van der Waals surface area contributed by atoms with Crippen molar-refractivity contribution in [2.45, 2.75) is 84.7 Å². The number of amides is 3. The first kappa shape index (κ1) is 26.2. The lowest BCUT2D eigenvalue weighted by molar-refractivity contribution is -0.127. The van der Waals surface area contributed by atoms with Gasteiger partial charge in [0.15, 0.2) is 0 Å². The summed E-state index contributed by atoms with van der Waals surface area (Å²) in [6.45, 7) is 9.83. The molecule has 198 valence electrons. The van der Waals surface area contributed by atoms with Crippen LogP contribution in [0, 0.1) is 29.1 Å². The smallest absolute Gasteiger partial charge is 0.258 e.